The highest BCUT2D eigenvalue weighted by molar-refractivity contribution is 5.79. The van der Waals surface area contributed by atoms with Gasteiger partial charge in [0, 0.05) is 42.0 Å². The molecule has 4 rings (SSSR count). The molecule has 3 aliphatic rings. The Bertz CT molecular complexity index is 531. The van der Waals surface area contributed by atoms with Crippen LogP contribution in [0.25, 0.3) is 0 Å². The third kappa shape index (κ3) is 1.86. The van der Waals surface area contributed by atoms with Crippen LogP contribution in [0.5, 0.6) is 11.5 Å². The molecule has 0 saturated heterocycles. The summed E-state index contributed by atoms with van der Waals surface area (Å²) in [6, 6.07) is 2.11. The molecule has 20 heavy (non-hydrogen) atoms. The summed E-state index contributed by atoms with van der Waals surface area (Å²) in [6.07, 6.45) is 5.12. The minimum Gasteiger partial charge on any atom is -0.493 e. The molecule has 2 aliphatic heterocycles. The summed E-state index contributed by atoms with van der Waals surface area (Å²) in [6.45, 7) is 2.05. The summed E-state index contributed by atoms with van der Waals surface area (Å²) in [5.74, 6) is 2.40. The second-order valence-electron chi connectivity index (χ2n) is 5.86. The fourth-order valence-corrected chi connectivity index (χ4v) is 3.26. The molecular weight excluding hydrogens is 254 g/mol. The van der Waals surface area contributed by atoms with E-state index >= 15 is 0 Å². The van der Waals surface area contributed by atoms with Crippen molar-refractivity contribution >= 4 is 5.91 Å². The molecular formula is C16H19NO3. The number of hydrogen-bond acceptors (Lipinski definition) is 3. The first-order valence-electron chi connectivity index (χ1n) is 7.54. The van der Waals surface area contributed by atoms with Gasteiger partial charge >= 0.3 is 0 Å². The van der Waals surface area contributed by atoms with Crippen molar-refractivity contribution in [2.45, 2.75) is 38.6 Å². The Balaban J connectivity index is 1.59. The lowest BCUT2D eigenvalue weighted by atomic mass is 9.85. The van der Waals surface area contributed by atoms with Crippen LogP contribution in [0, 0.1) is 5.92 Å². The minimum absolute atomic E-state index is 0.194. The van der Waals surface area contributed by atoms with Crippen molar-refractivity contribution in [3.63, 3.8) is 0 Å². The molecule has 1 saturated carbocycles. The zero-order valence-corrected chi connectivity index (χ0v) is 11.5. The van der Waals surface area contributed by atoms with E-state index in [1.165, 1.54) is 17.5 Å². The van der Waals surface area contributed by atoms with Gasteiger partial charge in [0.05, 0.1) is 13.2 Å². The van der Waals surface area contributed by atoms with Crippen molar-refractivity contribution in [1.29, 1.82) is 0 Å². The van der Waals surface area contributed by atoms with E-state index in [0.717, 1.165) is 56.0 Å². The summed E-state index contributed by atoms with van der Waals surface area (Å²) < 4.78 is 11.5. The predicted octanol–water partition coefficient (Wildman–Crippen LogP) is 1.97. The Morgan fingerprint density at radius 2 is 2.10 bits per heavy atom. The molecule has 0 spiro atoms. The van der Waals surface area contributed by atoms with Crippen molar-refractivity contribution in [1.82, 2.24) is 5.32 Å². The number of carbonyl (C=O) groups excluding carboxylic acids is 1. The van der Waals surface area contributed by atoms with Crippen molar-refractivity contribution in [2.24, 2.45) is 5.92 Å². The van der Waals surface area contributed by atoms with E-state index in [4.69, 9.17) is 9.47 Å². The molecule has 1 amide bonds. The number of hydrogen-bond donors (Lipinski definition) is 1. The summed E-state index contributed by atoms with van der Waals surface area (Å²) in [5.41, 5.74) is 3.58. The topological polar surface area (TPSA) is 47.6 Å². The van der Waals surface area contributed by atoms with Crippen LogP contribution in [0.4, 0.5) is 0 Å². The zero-order chi connectivity index (χ0) is 13.5. The van der Waals surface area contributed by atoms with E-state index in [0.29, 0.717) is 6.54 Å². The molecule has 0 unspecified atom stereocenters. The third-order valence-electron chi connectivity index (χ3n) is 4.68. The van der Waals surface area contributed by atoms with Crippen molar-refractivity contribution in [3.8, 4) is 11.5 Å². The second kappa shape index (κ2) is 4.69. The quantitative estimate of drug-likeness (QED) is 0.916. The van der Waals surface area contributed by atoms with Gasteiger partial charge in [-0.05, 0) is 18.9 Å². The van der Waals surface area contributed by atoms with Crippen LogP contribution in [0.3, 0.4) is 0 Å². The summed E-state index contributed by atoms with van der Waals surface area (Å²) in [4.78, 5) is 12.0. The maximum atomic E-state index is 12.0. The normalized spacial score (nSPS) is 19.6. The Labute approximate surface area is 118 Å². The molecule has 106 valence electrons. The van der Waals surface area contributed by atoms with Gasteiger partial charge < -0.3 is 14.8 Å². The van der Waals surface area contributed by atoms with Crippen LogP contribution >= 0.6 is 0 Å². The smallest absolute Gasteiger partial charge is 0.223 e. The average Bonchev–Trinajstić information content (AvgIpc) is 2.99. The largest absolute Gasteiger partial charge is 0.493 e. The molecule has 4 nitrogen and oxygen atoms in total. The molecule has 0 aromatic heterocycles. The highest BCUT2D eigenvalue weighted by atomic mass is 16.5. The van der Waals surface area contributed by atoms with Gasteiger partial charge in [-0.3, -0.25) is 4.79 Å². The summed E-state index contributed by atoms with van der Waals surface area (Å²) >= 11 is 0. The van der Waals surface area contributed by atoms with E-state index < -0.39 is 0 Å². The van der Waals surface area contributed by atoms with Gasteiger partial charge in [-0.15, -0.1) is 0 Å². The molecule has 1 aromatic carbocycles. The number of carbonyl (C=O) groups is 1. The lowest BCUT2D eigenvalue weighted by Crippen LogP contribution is -2.34. The average molecular weight is 273 g/mol. The number of amides is 1. The zero-order valence-electron chi connectivity index (χ0n) is 11.5. The molecule has 2 heterocycles. The fraction of sp³-hybridized carbons (Fsp3) is 0.562. The molecule has 0 bridgehead atoms. The van der Waals surface area contributed by atoms with E-state index in [2.05, 4.69) is 11.4 Å². The molecule has 0 atom stereocenters. The molecule has 4 heteroatoms. The first kappa shape index (κ1) is 12.1. The fourth-order valence-electron chi connectivity index (χ4n) is 3.26. The first-order valence-corrected chi connectivity index (χ1v) is 7.54. The lowest BCUT2D eigenvalue weighted by Gasteiger charge is -2.24. The number of ether oxygens (including phenoxy) is 2. The predicted molar refractivity (Wildman–Crippen MR) is 74.0 cm³/mol. The monoisotopic (exact) mass is 273 g/mol. The van der Waals surface area contributed by atoms with Crippen molar-refractivity contribution in [3.05, 3.63) is 22.8 Å². The maximum Gasteiger partial charge on any atom is 0.223 e. The van der Waals surface area contributed by atoms with Gasteiger partial charge in [0.2, 0.25) is 5.91 Å². The van der Waals surface area contributed by atoms with Crippen molar-refractivity contribution < 1.29 is 14.3 Å². The van der Waals surface area contributed by atoms with E-state index in [-0.39, 0.29) is 11.8 Å². The Kier molecular flexibility index (Phi) is 2.83. The van der Waals surface area contributed by atoms with Gasteiger partial charge in [-0.2, -0.15) is 0 Å². The molecule has 1 N–H and O–H groups in total. The Morgan fingerprint density at radius 1 is 1.25 bits per heavy atom. The minimum atomic E-state index is 0.194. The van der Waals surface area contributed by atoms with Crippen LogP contribution in [0.2, 0.25) is 0 Å². The van der Waals surface area contributed by atoms with Crippen LogP contribution in [0.15, 0.2) is 6.07 Å². The van der Waals surface area contributed by atoms with Crippen LogP contribution in [-0.2, 0) is 24.2 Å². The molecule has 1 aromatic rings. The number of nitrogens with one attached hydrogen (secondary N) is 1. The SMILES string of the molecule is O=C(NCc1c2c(cc3c1OCC3)OCC2)C1CCC1. The molecule has 1 aliphatic carbocycles. The van der Waals surface area contributed by atoms with Gasteiger partial charge in [0.15, 0.2) is 0 Å². The second-order valence-corrected chi connectivity index (χ2v) is 5.86. The number of rotatable bonds is 3. The van der Waals surface area contributed by atoms with Crippen LogP contribution in [-0.4, -0.2) is 19.1 Å². The first-order chi connectivity index (χ1) is 9.83. The highest BCUT2D eigenvalue weighted by Gasteiger charge is 2.28. The molecule has 1 fully saturated rings. The number of fused-ring (bicyclic) bond motifs is 2. The number of benzene rings is 1. The summed E-state index contributed by atoms with van der Waals surface area (Å²) in [5, 5.41) is 3.09. The standard InChI is InChI=1S/C16H19NO3/c18-16(10-2-1-3-10)17-9-13-12-5-7-19-14(12)8-11-4-6-20-15(11)13/h8,10H,1-7,9H2,(H,17,18). The van der Waals surface area contributed by atoms with Gasteiger partial charge in [-0.1, -0.05) is 6.42 Å². The van der Waals surface area contributed by atoms with Gasteiger partial charge in [0.1, 0.15) is 11.5 Å². The van der Waals surface area contributed by atoms with Gasteiger partial charge in [-0.25, -0.2) is 0 Å². The van der Waals surface area contributed by atoms with E-state index in [1.807, 2.05) is 0 Å². The van der Waals surface area contributed by atoms with E-state index in [9.17, 15) is 4.79 Å². The van der Waals surface area contributed by atoms with Gasteiger partial charge in [0.25, 0.3) is 0 Å². The summed E-state index contributed by atoms with van der Waals surface area (Å²) in [7, 11) is 0. The van der Waals surface area contributed by atoms with Crippen LogP contribution in [0.1, 0.15) is 36.0 Å². The van der Waals surface area contributed by atoms with E-state index in [1.54, 1.807) is 0 Å². The Hall–Kier alpha value is -1.71. The Morgan fingerprint density at radius 3 is 2.90 bits per heavy atom. The highest BCUT2D eigenvalue weighted by Crippen LogP contribution is 2.40. The lowest BCUT2D eigenvalue weighted by molar-refractivity contribution is -0.127. The van der Waals surface area contributed by atoms with Crippen LogP contribution < -0.4 is 14.8 Å². The van der Waals surface area contributed by atoms with Crippen molar-refractivity contribution in [2.75, 3.05) is 13.2 Å². The molecule has 0 radical (unpaired) electrons. The third-order valence-corrected chi connectivity index (χ3v) is 4.68. The maximum absolute atomic E-state index is 12.0.